The first-order valence-corrected chi connectivity index (χ1v) is 7.42. The molecular formula is C16H20N2O3. The molecular weight excluding hydrogens is 268 g/mol. The van der Waals surface area contributed by atoms with Crippen molar-refractivity contribution < 1.29 is 14.3 Å². The number of esters is 1. The van der Waals surface area contributed by atoms with E-state index in [-0.39, 0.29) is 17.9 Å². The van der Waals surface area contributed by atoms with E-state index in [4.69, 9.17) is 4.74 Å². The Labute approximate surface area is 124 Å². The van der Waals surface area contributed by atoms with Crippen molar-refractivity contribution in [3.8, 4) is 0 Å². The Balaban J connectivity index is 1.51. The second kappa shape index (κ2) is 5.48. The summed E-state index contributed by atoms with van der Waals surface area (Å²) in [6, 6.07) is 9.95. The predicted molar refractivity (Wildman–Crippen MR) is 77.4 cm³/mol. The van der Waals surface area contributed by atoms with Gasteiger partial charge in [-0.2, -0.15) is 0 Å². The molecule has 2 aliphatic rings. The van der Waals surface area contributed by atoms with E-state index in [1.165, 1.54) is 5.56 Å². The zero-order chi connectivity index (χ0) is 14.9. The SMILES string of the molecule is CCOC(=O)C1(NC(=O)C2CN2Cc2ccccc2)CC1. The van der Waals surface area contributed by atoms with Gasteiger partial charge in [0.05, 0.1) is 6.61 Å². The Morgan fingerprint density at radius 3 is 2.67 bits per heavy atom. The molecule has 1 aliphatic heterocycles. The molecule has 5 heteroatoms. The first-order chi connectivity index (χ1) is 10.1. The molecule has 5 nitrogen and oxygen atoms in total. The lowest BCUT2D eigenvalue weighted by atomic mass is 10.2. The van der Waals surface area contributed by atoms with Gasteiger partial charge in [0.2, 0.25) is 5.91 Å². The smallest absolute Gasteiger partial charge is 0.331 e. The molecule has 1 aromatic carbocycles. The molecule has 0 spiro atoms. The molecule has 1 aromatic rings. The molecule has 0 bridgehead atoms. The molecule has 0 aromatic heterocycles. The second-order valence-electron chi connectivity index (χ2n) is 5.72. The number of ether oxygens (including phenoxy) is 1. The average Bonchev–Trinajstić information content (AvgIpc) is 3.37. The van der Waals surface area contributed by atoms with Crippen molar-refractivity contribution in [1.82, 2.24) is 10.2 Å². The highest BCUT2D eigenvalue weighted by Gasteiger charge is 2.55. The van der Waals surface area contributed by atoms with Crippen molar-refractivity contribution in [2.24, 2.45) is 0 Å². The van der Waals surface area contributed by atoms with Crippen LogP contribution in [0.25, 0.3) is 0 Å². The summed E-state index contributed by atoms with van der Waals surface area (Å²) in [6.07, 6.45) is 1.37. The van der Waals surface area contributed by atoms with Gasteiger partial charge in [-0.05, 0) is 25.3 Å². The molecule has 2 unspecified atom stereocenters. The quantitative estimate of drug-likeness (QED) is 0.629. The number of amides is 1. The largest absolute Gasteiger partial charge is 0.464 e. The standard InChI is InChI=1S/C16H20N2O3/c1-2-21-15(20)16(8-9-16)17-14(19)13-11-18(13)10-12-6-4-3-5-7-12/h3-7,13H,2,8-11H2,1H3,(H,17,19). The van der Waals surface area contributed by atoms with Gasteiger partial charge in [0.1, 0.15) is 11.6 Å². The Kier molecular flexibility index (Phi) is 3.68. The third kappa shape index (κ3) is 3.08. The minimum absolute atomic E-state index is 0.0588. The molecule has 1 aliphatic carbocycles. The van der Waals surface area contributed by atoms with Crippen LogP contribution in [0.15, 0.2) is 30.3 Å². The van der Waals surface area contributed by atoms with Crippen LogP contribution in [0.4, 0.5) is 0 Å². The number of nitrogens with one attached hydrogen (secondary N) is 1. The van der Waals surface area contributed by atoms with Crippen LogP contribution in [0.2, 0.25) is 0 Å². The van der Waals surface area contributed by atoms with Crippen LogP contribution in [-0.4, -0.2) is 41.5 Å². The van der Waals surface area contributed by atoms with Crippen molar-refractivity contribution >= 4 is 11.9 Å². The molecule has 2 fully saturated rings. The van der Waals surface area contributed by atoms with E-state index in [0.29, 0.717) is 19.4 Å². The number of nitrogens with zero attached hydrogens (tertiary/aromatic N) is 1. The Morgan fingerprint density at radius 2 is 2.05 bits per heavy atom. The number of rotatable bonds is 6. The number of hydrogen-bond acceptors (Lipinski definition) is 4. The lowest BCUT2D eigenvalue weighted by Gasteiger charge is -2.15. The predicted octanol–water partition coefficient (Wildman–Crippen LogP) is 1.08. The Hall–Kier alpha value is -1.88. The maximum atomic E-state index is 12.2. The lowest BCUT2D eigenvalue weighted by Crippen LogP contribution is -2.46. The van der Waals surface area contributed by atoms with E-state index in [2.05, 4.69) is 10.2 Å². The molecule has 2 atom stereocenters. The molecule has 1 N–H and O–H groups in total. The van der Waals surface area contributed by atoms with Crippen molar-refractivity contribution in [1.29, 1.82) is 0 Å². The summed E-state index contributed by atoms with van der Waals surface area (Å²) in [6.45, 7) is 3.64. The van der Waals surface area contributed by atoms with Gasteiger partial charge in [-0.1, -0.05) is 30.3 Å². The van der Waals surface area contributed by atoms with Gasteiger partial charge in [-0.15, -0.1) is 0 Å². The van der Waals surface area contributed by atoms with E-state index < -0.39 is 5.54 Å². The normalized spacial score (nSPS) is 25.0. The molecule has 1 saturated heterocycles. The van der Waals surface area contributed by atoms with Gasteiger partial charge in [-0.3, -0.25) is 9.69 Å². The van der Waals surface area contributed by atoms with Gasteiger partial charge < -0.3 is 10.1 Å². The summed E-state index contributed by atoms with van der Waals surface area (Å²) in [5.74, 6) is -0.356. The Morgan fingerprint density at radius 1 is 1.33 bits per heavy atom. The van der Waals surface area contributed by atoms with Crippen molar-refractivity contribution in [3.05, 3.63) is 35.9 Å². The molecule has 0 radical (unpaired) electrons. The fourth-order valence-electron chi connectivity index (χ4n) is 2.51. The van der Waals surface area contributed by atoms with Crippen molar-refractivity contribution in [2.45, 2.75) is 37.9 Å². The molecule has 3 rings (SSSR count). The fraction of sp³-hybridized carbons (Fsp3) is 0.500. The third-order valence-electron chi connectivity index (χ3n) is 4.02. The van der Waals surface area contributed by atoms with E-state index in [1.54, 1.807) is 6.92 Å². The minimum atomic E-state index is -0.742. The zero-order valence-electron chi connectivity index (χ0n) is 12.2. The number of hydrogen-bond donors (Lipinski definition) is 1. The molecule has 1 heterocycles. The highest BCUT2D eigenvalue weighted by molar-refractivity contribution is 5.93. The van der Waals surface area contributed by atoms with Crippen molar-refractivity contribution in [2.75, 3.05) is 13.2 Å². The monoisotopic (exact) mass is 288 g/mol. The first-order valence-electron chi connectivity index (χ1n) is 7.42. The summed E-state index contributed by atoms with van der Waals surface area (Å²) >= 11 is 0. The highest BCUT2D eigenvalue weighted by atomic mass is 16.5. The second-order valence-corrected chi connectivity index (χ2v) is 5.72. The Bertz CT molecular complexity index is 540. The van der Waals surface area contributed by atoms with Crippen LogP contribution >= 0.6 is 0 Å². The van der Waals surface area contributed by atoms with E-state index in [0.717, 1.165) is 13.1 Å². The molecule has 1 saturated carbocycles. The van der Waals surface area contributed by atoms with Crippen LogP contribution in [0.5, 0.6) is 0 Å². The zero-order valence-corrected chi connectivity index (χ0v) is 12.2. The van der Waals surface area contributed by atoms with Gasteiger partial charge in [0, 0.05) is 13.1 Å². The number of carbonyl (C=O) groups excluding carboxylic acids is 2. The average molecular weight is 288 g/mol. The topological polar surface area (TPSA) is 58.4 Å². The van der Waals surface area contributed by atoms with E-state index in [9.17, 15) is 9.59 Å². The highest BCUT2D eigenvalue weighted by Crippen LogP contribution is 2.37. The van der Waals surface area contributed by atoms with Gasteiger partial charge >= 0.3 is 5.97 Å². The van der Waals surface area contributed by atoms with Gasteiger partial charge in [0.25, 0.3) is 0 Å². The van der Waals surface area contributed by atoms with Crippen LogP contribution in [0.1, 0.15) is 25.3 Å². The maximum Gasteiger partial charge on any atom is 0.331 e. The van der Waals surface area contributed by atoms with Crippen LogP contribution < -0.4 is 5.32 Å². The van der Waals surface area contributed by atoms with Crippen LogP contribution in [0.3, 0.4) is 0 Å². The van der Waals surface area contributed by atoms with E-state index >= 15 is 0 Å². The lowest BCUT2D eigenvalue weighted by molar-refractivity contribution is -0.148. The van der Waals surface area contributed by atoms with Gasteiger partial charge in [-0.25, -0.2) is 4.79 Å². The fourth-order valence-corrected chi connectivity index (χ4v) is 2.51. The third-order valence-corrected chi connectivity index (χ3v) is 4.02. The van der Waals surface area contributed by atoms with Crippen LogP contribution in [-0.2, 0) is 20.9 Å². The van der Waals surface area contributed by atoms with Gasteiger partial charge in [0.15, 0.2) is 0 Å². The first kappa shape index (κ1) is 14.1. The molecule has 1 amide bonds. The molecule has 21 heavy (non-hydrogen) atoms. The van der Waals surface area contributed by atoms with Crippen molar-refractivity contribution in [3.63, 3.8) is 0 Å². The summed E-state index contributed by atoms with van der Waals surface area (Å²) in [4.78, 5) is 26.1. The number of carbonyl (C=O) groups is 2. The van der Waals surface area contributed by atoms with E-state index in [1.807, 2.05) is 30.3 Å². The summed E-state index contributed by atoms with van der Waals surface area (Å²) in [5.41, 5.74) is 0.452. The number of benzene rings is 1. The molecule has 112 valence electrons. The minimum Gasteiger partial charge on any atom is -0.464 e. The summed E-state index contributed by atoms with van der Waals surface area (Å²) in [5, 5.41) is 2.87. The van der Waals surface area contributed by atoms with Crippen LogP contribution in [0, 0.1) is 0 Å². The summed E-state index contributed by atoms with van der Waals surface area (Å²) in [7, 11) is 0. The summed E-state index contributed by atoms with van der Waals surface area (Å²) < 4.78 is 5.03. The maximum absolute atomic E-state index is 12.2.